The van der Waals surface area contributed by atoms with Gasteiger partial charge >= 0.3 is 0 Å². The van der Waals surface area contributed by atoms with Gasteiger partial charge in [-0.25, -0.2) is 0 Å². The number of piperidine rings is 1. The van der Waals surface area contributed by atoms with Gasteiger partial charge in [-0.2, -0.15) is 0 Å². The molecule has 1 fully saturated rings. The van der Waals surface area contributed by atoms with Crippen molar-refractivity contribution in [1.82, 2.24) is 9.80 Å². The van der Waals surface area contributed by atoms with E-state index in [1.54, 1.807) is 6.92 Å². The van der Waals surface area contributed by atoms with Crippen molar-refractivity contribution < 1.29 is 9.59 Å². The van der Waals surface area contributed by atoms with Gasteiger partial charge in [-0.1, -0.05) is 63.4 Å². The van der Waals surface area contributed by atoms with E-state index in [-0.39, 0.29) is 17.9 Å². The summed E-state index contributed by atoms with van der Waals surface area (Å²) in [7, 11) is 0. The van der Waals surface area contributed by atoms with Crippen LogP contribution in [0.3, 0.4) is 0 Å². The normalized spacial score (nSPS) is 19.7. The Morgan fingerprint density at radius 2 is 1.59 bits per heavy atom. The van der Waals surface area contributed by atoms with Crippen molar-refractivity contribution >= 4 is 17.5 Å². The summed E-state index contributed by atoms with van der Waals surface area (Å²) in [5.74, 6) is 0.862. The largest absolute Gasteiger partial charge is 0.335 e. The number of fused-ring (bicyclic) bond motifs is 1. The number of carbonyl (C=O) groups is 2. The highest BCUT2D eigenvalue weighted by Crippen LogP contribution is 2.29. The number of likely N-dealkylation sites (tertiary alicyclic amines) is 1. The van der Waals surface area contributed by atoms with Crippen LogP contribution in [0, 0.1) is 5.92 Å². The molecule has 0 spiro atoms. The van der Waals surface area contributed by atoms with Crippen LogP contribution in [0.5, 0.6) is 0 Å². The number of amides is 2. The van der Waals surface area contributed by atoms with Gasteiger partial charge < -0.3 is 9.80 Å². The Balaban J connectivity index is 1.64. The lowest BCUT2D eigenvalue weighted by atomic mass is 9.94. The predicted octanol–water partition coefficient (Wildman–Crippen LogP) is 7.09. The first-order valence-corrected chi connectivity index (χ1v) is 15.4. The molecule has 39 heavy (non-hydrogen) atoms. The van der Waals surface area contributed by atoms with Crippen LogP contribution in [0.4, 0.5) is 5.69 Å². The summed E-state index contributed by atoms with van der Waals surface area (Å²) in [5.41, 5.74) is 4.14. The lowest BCUT2D eigenvalue weighted by molar-refractivity contribution is -0.116. The lowest BCUT2D eigenvalue weighted by Crippen LogP contribution is -2.45. The molecule has 0 aromatic heterocycles. The van der Waals surface area contributed by atoms with E-state index < -0.39 is 0 Å². The Kier molecular flexibility index (Phi) is 11.0. The lowest BCUT2D eigenvalue weighted by Gasteiger charge is -2.36. The number of nitrogens with zero attached hydrogens (tertiary/aromatic N) is 3. The molecule has 0 N–H and O–H groups in total. The molecule has 2 heterocycles. The van der Waals surface area contributed by atoms with Crippen LogP contribution in [0.2, 0.25) is 0 Å². The van der Waals surface area contributed by atoms with E-state index in [2.05, 4.69) is 54.0 Å². The molecule has 2 aliphatic heterocycles. The van der Waals surface area contributed by atoms with Crippen LogP contribution in [0.25, 0.3) is 0 Å². The van der Waals surface area contributed by atoms with Gasteiger partial charge in [0.15, 0.2) is 0 Å². The molecule has 1 atom stereocenters. The van der Waals surface area contributed by atoms with E-state index in [9.17, 15) is 9.59 Å². The maximum absolute atomic E-state index is 14.0. The first-order chi connectivity index (χ1) is 18.9. The molecule has 212 valence electrons. The smallest absolute Gasteiger partial charge is 0.254 e. The van der Waals surface area contributed by atoms with E-state index in [0.717, 1.165) is 88.1 Å². The monoisotopic (exact) mass is 531 g/mol. The second kappa shape index (κ2) is 14.6. The van der Waals surface area contributed by atoms with Crippen molar-refractivity contribution in [3.63, 3.8) is 0 Å². The summed E-state index contributed by atoms with van der Waals surface area (Å²) in [6.07, 6.45) is 11.2. The Hall–Kier alpha value is -2.66. The zero-order chi connectivity index (χ0) is 27.6. The maximum atomic E-state index is 14.0. The number of hydrogen-bond donors (Lipinski definition) is 0. The average Bonchev–Trinajstić information content (AvgIpc) is 2.92. The fourth-order valence-electron chi connectivity index (χ4n) is 6.18. The average molecular weight is 532 g/mol. The number of benzene rings is 2. The maximum Gasteiger partial charge on any atom is 0.254 e. The van der Waals surface area contributed by atoms with Crippen molar-refractivity contribution in [1.29, 1.82) is 0 Å². The third kappa shape index (κ3) is 8.41. The fraction of sp³-hybridized carbons (Fsp3) is 0.588. The van der Waals surface area contributed by atoms with Crippen LogP contribution >= 0.6 is 0 Å². The summed E-state index contributed by atoms with van der Waals surface area (Å²) >= 11 is 0. The minimum absolute atomic E-state index is 0.0834. The Labute approximate surface area is 236 Å². The van der Waals surface area contributed by atoms with Crippen LogP contribution < -0.4 is 4.90 Å². The SMILES string of the molecule is CC(=O)N1CCCCCCCN(CCC(C)C)Cc2cc(C(=O)N3CCCCC3Cc3ccccc3)ccc21. The second-order valence-corrected chi connectivity index (χ2v) is 12.1. The number of carbonyl (C=O) groups excluding carboxylic acids is 2. The molecule has 0 bridgehead atoms. The molecule has 4 rings (SSSR count). The van der Waals surface area contributed by atoms with Crippen molar-refractivity contribution in [2.75, 3.05) is 31.1 Å². The van der Waals surface area contributed by atoms with Crippen molar-refractivity contribution in [3.8, 4) is 0 Å². The van der Waals surface area contributed by atoms with Crippen LogP contribution in [0.1, 0.15) is 100 Å². The van der Waals surface area contributed by atoms with Crippen LogP contribution in [-0.2, 0) is 17.8 Å². The topological polar surface area (TPSA) is 43.9 Å². The molecule has 0 radical (unpaired) electrons. The molecular weight excluding hydrogens is 482 g/mol. The Morgan fingerprint density at radius 1 is 0.872 bits per heavy atom. The fourth-order valence-corrected chi connectivity index (χ4v) is 6.18. The molecular formula is C34H49N3O2. The van der Waals surface area contributed by atoms with E-state index >= 15 is 0 Å². The summed E-state index contributed by atoms with van der Waals surface area (Å²) in [6.45, 7) is 10.7. The molecule has 0 saturated carbocycles. The van der Waals surface area contributed by atoms with Crippen molar-refractivity contribution in [2.45, 2.75) is 97.6 Å². The highest BCUT2D eigenvalue weighted by atomic mass is 16.2. The van der Waals surface area contributed by atoms with Crippen LogP contribution in [0.15, 0.2) is 48.5 Å². The molecule has 2 aliphatic rings. The summed E-state index contributed by atoms with van der Waals surface area (Å²) in [4.78, 5) is 33.4. The molecule has 2 aromatic rings. The number of hydrogen-bond acceptors (Lipinski definition) is 3. The first kappa shape index (κ1) is 29.3. The molecule has 2 amide bonds. The summed E-state index contributed by atoms with van der Waals surface area (Å²) in [6, 6.07) is 16.9. The quantitative estimate of drug-likeness (QED) is 0.400. The van der Waals surface area contributed by atoms with E-state index in [1.807, 2.05) is 23.1 Å². The highest BCUT2D eigenvalue weighted by Gasteiger charge is 2.29. The minimum atomic E-state index is 0.0834. The van der Waals surface area contributed by atoms with Gasteiger partial charge in [-0.15, -0.1) is 0 Å². The van der Waals surface area contributed by atoms with E-state index in [1.165, 1.54) is 31.2 Å². The summed E-state index contributed by atoms with van der Waals surface area (Å²) in [5, 5.41) is 0. The zero-order valence-corrected chi connectivity index (χ0v) is 24.5. The molecule has 1 unspecified atom stereocenters. The standard InChI is InChI=1S/C34H49N3O2/c1-27(2)19-23-35-20-11-5-4-6-12-21-36(28(3)38)33-18-17-30(25-31(33)26-35)34(39)37-22-13-10-16-32(37)24-29-14-8-7-9-15-29/h7-9,14-15,17-18,25,27,32H,4-6,10-13,16,19-24,26H2,1-3H3. The van der Waals surface area contributed by atoms with Gasteiger partial charge in [0.1, 0.15) is 0 Å². The predicted molar refractivity (Wildman–Crippen MR) is 161 cm³/mol. The van der Waals surface area contributed by atoms with Crippen LogP contribution in [-0.4, -0.2) is 53.8 Å². The second-order valence-electron chi connectivity index (χ2n) is 12.1. The van der Waals surface area contributed by atoms with E-state index in [4.69, 9.17) is 0 Å². The molecule has 2 aromatic carbocycles. The van der Waals surface area contributed by atoms with Gasteiger partial charge in [-0.3, -0.25) is 14.5 Å². The Bertz CT molecular complexity index is 1070. The van der Waals surface area contributed by atoms with Gasteiger partial charge in [-0.05, 0) is 93.3 Å². The number of rotatable bonds is 6. The van der Waals surface area contributed by atoms with Gasteiger partial charge in [0.25, 0.3) is 5.91 Å². The van der Waals surface area contributed by atoms with Crippen molar-refractivity contribution in [2.24, 2.45) is 5.92 Å². The molecule has 5 heteroatoms. The molecule has 5 nitrogen and oxygen atoms in total. The zero-order valence-electron chi connectivity index (χ0n) is 24.5. The molecule has 0 aliphatic carbocycles. The van der Waals surface area contributed by atoms with Gasteiger partial charge in [0.05, 0.1) is 0 Å². The Morgan fingerprint density at radius 3 is 2.33 bits per heavy atom. The first-order valence-electron chi connectivity index (χ1n) is 15.4. The van der Waals surface area contributed by atoms with Gasteiger partial charge in [0.2, 0.25) is 5.91 Å². The number of anilines is 1. The third-order valence-electron chi connectivity index (χ3n) is 8.47. The van der Waals surface area contributed by atoms with Gasteiger partial charge in [0, 0.05) is 43.9 Å². The minimum Gasteiger partial charge on any atom is -0.335 e. The third-order valence-corrected chi connectivity index (χ3v) is 8.47. The molecule has 1 saturated heterocycles. The van der Waals surface area contributed by atoms with Crippen molar-refractivity contribution in [3.05, 3.63) is 65.2 Å². The van der Waals surface area contributed by atoms with E-state index in [0.29, 0.717) is 5.92 Å². The highest BCUT2D eigenvalue weighted by molar-refractivity contribution is 5.97. The summed E-state index contributed by atoms with van der Waals surface area (Å²) < 4.78 is 0.